The zero-order chi connectivity index (χ0) is 18.6. The van der Waals surface area contributed by atoms with Crippen molar-refractivity contribution in [1.29, 1.82) is 0 Å². The predicted molar refractivity (Wildman–Crippen MR) is 105 cm³/mol. The Labute approximate surface area is 159 Å². The van der Waals surface area contributed by atoms with Gasteiger partial charge in [0.25, 0.3) is 5.56 Å². The number of pyridine rings is 2. The van der Waals surface area contributed by atoms with E-state index in [1.165, 1.54) is 22.8 Å². The number of aryl methyl sites for hydroxylation is 2. The molecule has 2 aromatic heterocycles. The molecule has 4 rings (SSSR count). The highest BCUT2D eigenvalue weighted by atomic mass is 16.5. The fourth-order valence-electron chi connectivity index (χ4n) is 3.20. The highest BCUT2D eigenvalue weighted by molar-refractivity contribution is 6.31. The largest absolute Gasteiger partial charge is 0.487 e. The molecule has 0 bridgehead atoms. The molecule has 0 aliphatic carbocycles. The molecule has 3 aromatic rings. The second-order valence-electron chi connectivity index (χ2n) is 6.72. The van der Waals surface area contributed by atoms with E-state index in [4.69, 9.17) is 12.6 Å². The lowest BCUT2D eigenvalue weighted by atomic mass is 9.99. The van der Waals surface area contributed by atoms with Crippen LogP contribution < -0.4 is 21.1 Å². The fourth-order valence-corrected chi connectivity index (χ4v) is 3.20. The number of ether oxygens (including phenoxy) is 1. The molecule has 0 saturated carbocycles. The summed E-state index contributed by atoms with van der Waals surface area (Å²) < 4.78 is 7.37. The van der Waals surface area contributed by atoms with Gasteiger partial charge in [-0.05, 0) is 35.2 Å². The van der Waals surface area contributed by atoms with Gasteiger partial charge in [0.05, 0.1) is 5.69 Å². The van der Waals surface area contributed by atoms with Crippen molar-refractivity contribution in [2.75, 3.05) is 0 Å². The lowest BCUT2D eigenvalue weighted by molar-refractivity contribution is 0.300. The van der Waals surface area contributed by atoms with E-state index in [2.05, 4.69) is 28.5 Å². The van der Waals surface area contributed by atoms with E-state index < -0.39 is 0 Å². The first kappa shape index (κ1) is 17.6. The van der Waals surface area contributed by atoms with E-state index in [1.807, 2.05) is 12.1 Å². The first-order valence-electron chi connectivity index (χ1n) is 9.02. The highest BCUT2D eigenvalue weighted by Gasteiger charge is 2.10. The van der Waals surface area contributed by atoms with Crippen LogP contribution in [0.15, 0.2) is 59.7 Å². The van der Waals surface area contributed by atoms with E-state index in [0.717, 1.165) is 25.2 Å². The van der Waals surface area contributed by atoms with Crippen LogP contribution in [0.2, 0.25) is 0 Å². The molecule has 0 fully saturated rings. The normalized spacial score (nSPS) is 12.7. The summed E-state index contributed by atoms with van der Waals surface area (Å²) in [6.07, 6.45) is 4.19. The van der Waals surface area contributed by atoms with Crippen molar-refractivity contribution in [3.05, 3.63) is 87.6 Å². The minimum atomic E-state index is -0.0689. The van der Waals surface area contributed by atoms with E-state index in [9.17, 15) is 4.79 Å². The molecule has 1 aliphatic rings. The van der Waals surface area contributed by atoms with Gasteiger partial charge in [0.2, 0.25) is 0 Å². The van der Waals surface area contributed by atoms with E-state index in [0.29, 0.717) is 24.4 Å². The van der Waals surface area contributed by atoms with Gasteiger partial charge in [0, 0.05) is 38.1 Å². The van der Waals surface area contributed by atoms with Gasteiger partial charge < -0.3 is 14.6 Å². The Morgan fingerprint density at radius 1 is 1.11 bits per heavy atom. The Morgan fingerprint density at radius 3 is 2.81 bits per heavy atom. The molecule has 6 heteroatoms. The van der Waals surface area contributed by atoms with Crippen molar-refractivity contribution in [3.8, 4) is 5.75 Å². The second-order valence-corrected chi connectivity index (χ2v) is 6.72. The Morgan fingerprint density at radius 2 is 2.00 bits per heavy atom. The van der Waals surface area contributed by atoms with Gasteiger partial charge >= 0.3 is 0 Å². The quantitative estimate of drug-likeness (QED) is 0.679. The molecule has 1 N–H and O–H groups in total. The monoisotopic (exact) mass is 357 g/mol. The molecule has 2 radical (unpaired) electrons. The number of nitrogens with zero attached hydrogens (tertiary/aromatic N) is 2. The fraction of sp³-hybridized carbons (Fsp3) is 0.238. The van der Waals surface area contributed by atoms with Crippen LogP contribution in [0.4, 0.5) is 0 Å². The molecule has 3 heterocycles. The minimum Gasteiger partial charge on any atom is -0.487 e. The molecule has 1 aliphatic heterocycles. The standard InChI is InChI=1S/C21H20BN3O2/c22-18-3-4-19(24-13-18)14-27-20-6-8-25(21(26)10-20)7-5-15-1-2-16-11-23-12-17(16)9-15/h1-4,6,8-10,13,23H,5,7,11-12,14H2. The number of fused-ring (bicyclic) bond motifs is 1. The lowest BCUT2D eigenvalue weighted by Crippen LogP contribution is -2.19. The van der Waals surface area contributed by atoms with Crippen LogP contribution in [0.5, 0.6) is 5.75 Å². The zero-order valence-electron chi connectivity index (χ0n) is 15.0. The molecule has 27 heavy (non-hydrogen) atoms. The number of hydrogen-bond acceptors (Lipinski definition) is 4. The molecule has 0 unspecified atom stereocenters. The van der Waals surface area contributed by atoms with Crippen LogP contribution >= 0.6 is 0 Å². The van der Waals surface area contributed by atoms with Gasteiger partial charge in [0.15, 0.2) is 0 Å². The molecular weight excluding hydrogens is 337 g/mol. The molecular formula is C21H20BN3O2. The maximum absolute atomic E-state index is 12.3. The average molecular weight is 357 g/mol. The Kier molecular flexibility index (Phi) is 5.07. The Balaban J connectivity index is 1.36. The summed E-state index contributed by atoms with van der Waals surface area (Å²) in [5.74, 6) is 0.540. The van der Waals surface area contributed by atoms with E-state index in [-0.39, 0.29) is 5.56 Å². The third-order valence-electron chi connectivity index (χ3n) is 4.74. The van der Waals surface area contributed by atoms with Crippen molar-refractivity contribution in [3.63, 3.8) is 0 Å². The number of hydrogen-bond donors (Lipinski definition) is 1. The molecule has 0 saturated heterocycles. The number of aromatic nitrogens is 2. The maximum Gasteiger partial charge on any atom is 0.254 e. The highest BCUT2D eigenvalue weighted by Crippen LogP contribution is 2.17. The third-order valence-corrected chi connectivity index (χ3v) is 4.74. The Hall–Kier alpha value is -2.86. The van der Waals surface area contributed by atoms with Gasteiger partial charge in [-0.1, -0.05) is 29.7 Å². The summed E-state index contributed by atoms with van der Waals surface area (Å²) in [6.45, 7) is 2.82. The van der Waals surface area contributed by atoms with Gasteiger partial charge in [-0.25, -0.2) is 0 Å². The summed E-state index contributed by atoms with van der Waals surface area (Å²) in [7, 11) is 5.62. The summed E-state index contributed by atoms with van der Waals surface area (Å²) >= 11 is 0. The summed E-state index contributed by atoms with van der Waals surface area (Å²) in [5.41, 5.74) is 5.29. The van der Waals surface area contributed by atoms with Crippen LogP contribution in [-0.2, 0) is 32.7 Å². The van der Waals surface area contributed by atoms with Crippen LogP contribution in [0, 0.1) is 0 Å². The van der Waals surface area contributed by atoms with Gasteiger partial charge in [0.1, 0.15) is 20.2 Å². The summed E-state index contributed by atoms with van der Waals surface area (Å²) in [6, 6.07) is 13.5. The van der Waals surface area contributed by atoms with Crippen LogP contribution in [0.3, 0.4) is 0 Å². The lowest BCUT2D eigenvalue weighted by Gasteiger charge is -2.09. The number of rotatable bonds is 6. The zero-order valence-corrected chi connectivity index (χ0v) is 15.0. The summed E-state index contributed by atoms with van der Waals surface area (Å²) in [4.78, 5) is 16.5. The minimum absolute atomic E-state index is 0.0689. The molecule has 1 aromatic carbocycles. The number of nitrogens with one attached hydrogen (secondary N) is 1. The van der Waals surface area contributed by atoms with Crippen molar-refractivity contribution < 1.29 is 4.74 Å². The van der Waals surface area contributed by atoms with Gasteiger partial charge in [-0.15, -0.1) is 0 Å². The van der Waals surface area contributed by atoms with Gasteiger partial charge in [-0.2, -0.15) is 0 Å². The van der Waals surface area contributed by atoms with Crippen LogP contribution in [-0.4, -0.2) is 17.4 Å². The topological polar surface area (TPSA) is 56.1 Å². The second kappa shape index (κ2) is 7.80. The molecule has 0 spiro atoms. The Bertz CT molecular complexity index is 999. The average Bonchev–Trinajstić information content (AvgIpc) is 3.14. The first-order valence-corrected chi connectivity index (χ1v) is 9.02. The molecule has 0 atom stereocenters. The molecule has 0 amide bonds. The smallest absolute Gasteiger partial charge is 0.254 e. The van der Waals surface area contributed by atoms with Crippen molar-refractivity contribution in [2.24, 2.45) is 0 Å². The predicted octanol–water partition coefficient (Wildman–Crippen LogP) is 1.46. The van der Waals surface area contributed by atoms with E-state index in [1.54, 1.807) is 23.0 Å². The molecule has 134 valence electrons. The SMILES string of the molecule is [B]c1ccc(COc2ccn(CCc3ccc4c(c3)CNC4)c(=O)c2)nc1. The van der Waals surface area contributed by atoms with Crippen molar-refractivity contribution in [1.82, 2.24) is 14.9 Å². The third kappa shape index (κ3) is 4.28. The molecule has 5 nitrogen and oxygen atoms in total. The van der Waals surface area contributed by atoms with Gasteiger partial charge in [-0.3, -0.25) is 9.78 Å². The van der Waals surface area contributed by atoms with Crippen LogP contribution in [0.25, 0.3) is 0 Å². The van der Waals surface area contributed by atoms with Crippen LogP contribution in [0.1, 0.15) is 22.4 Å². The van der Waals surface area contributed by atoms with E-state index >= 15 is 0 Å². The van der Waals surface area contributed by atoms with Crippen molar-refractivity contribution >= 4 is 13.3 Å². The number of benzene rings is 1. The van der Waals surface area contributed by atoms with Crippen molar-refractivity contribution in [2.45, 2.75) is 32.7 Å². The first-order chi connectivity index (χ1) is 13.2. The maximum atomic E-state index is 12.3. The summed E-state index contributed by atoms with van der Waals surface area (Å²) in [5, 5.41) is 3.35.